The van der Waals surface area contributed by atoms with Crippen LogP contribution in [0.4, 0.5) is 0 Å². The first kappa shape index (κ1) is 6.79. The Hall–Kier alpha value is -0.330. The van der Waals surface area contributed by atoms with Gasteiger partial charge in [0.2, 0.25) is 0 Å². The lowest BCUT2D eigenvalue weighted by atomic mass is 10.1. The van der Waals surface area contributed by atoms with E-state index < -0.39 is 0 Å². The summed E-state index contributed by atoms with van der Waals surface area (Å²) >= 11 is 0. The Kier molecular flexibility index (Phi) is 2.26. The molecule has 1 aliphatic rings. The average Bonchev–Trinajstić information content (AvgIpc) is 2.48. The van der Waals surface area contributed by atoms with Gasteiger partial charge in [0.05, 0.1) is 0 Å². The Morgan fingerprint density at radius 3 is 2.67 bits per heavy atom. The highest BCUT2D eigenvalue weighted by Crippen LogP contribution is 2.33. The minimum atomic E-state index is 0.343. The topological polar surface area (TPSA) is 17.1 Å². The summed E-state index contributed by atoms with van der Waals surface area (Å²) in [7, 11) is 0. The molecule has 52 valence electrons. The summed E-state index contributed by atoms with van der Waals surface area (Å²) in [5, 5.41) is 0. The number of hydrogen-bond donors (Lipinski definition) is 0. The van der Waals surface area contributed by atoms with E-state index >= 15 is 0 Å². The minimum Gasteiger partial charge on any atom is -0.300 e. The predicted molar refractivity (Wildman–Crippen MR) is 37.3 cm³/mol. The Balaban J connectivity index is 1.86. The molecule has 1 rings (SSSR count). The first-order valence-corrected chi connectivity index (χ1v) is 3.78. The molecule has 1 heteroatoms. The van der Waals surface area contributed by atoms with E-state index in [-0.39, 0.29) is 0 Å². The molecule has 0 atom stereocenters. The lowest BCUT2D eigenvalue weighted by Gasteiger charge is -1.92. The molecule has 9 heavy (non-hydrogen) atoms. The third-order valence-corrected chi connectivity index (χ3v) is 1.84. The van der Waals surface area contributed by atoms with Gasteiger partial charge in [0.15, 0.2) is 0 Å². The van der Waals surface area contributed by atoms with Crippen LogP contribution in [0.1, 0.15) is 39.0 Å². The van der Waals surface area contributed by atoms with Crippen LogP contribution in [0.5, 0.6) is 0 Å². The molecule has 0 amide bonds. The molecule has 1 aliphatic carbocycles. The number of carbonyl (C=O) groups excluding carboxylic acids is 1. The van der Waals surface area contributed by atoms with E-state index in [0.29, 0.717) is 5.78 Å². The fourth-order valence-corrected chi connectivity index (χ4v) is 1.05. The molecule has 0 aromatic rings. The molecular weight excluding hydrogens is 112 g/mol. The van der Waals surface area contributed by atoms with Gasteiger partial charge in [-0.1, -0.05) is 19.3 Å². The standard InChI is InChI=1S/C8H14O/c1-7(9)3-2-4-8-5-6-8/h8H,2-6H2,1H3. The van der Waals surface area contributed by atoms with Gasteiger partial charge in [-0.3, -0.25) is 0 Å². The van der Waals surface area contributed by atoms with Crippen molar-refractivity contribution in [3.05, 3.63) is 0 Å². The van der Waals surface area contributed by atoms with Crippen molar-refractivity contribution in [1.29, 1.82) is 0 Å². The quantitative estimate of drug-likeness (QED) is 0.564. The van der Waals surface area contributed by atoms with Gasteiger partial charge in [0.25, 0.3) is 0 Å². The van der Waals surface area contributed by atoms with Crippen LogP contribution >= 0.6 is 0 Å². The van der Waals surface area contributed by atoms with Crippen LogP contribution in [0.15, 0.2) is 0 Å². The summed E-state index contributed by atoms with van der Waals surface area (Å²) < 4.78 is 0. The first-order valence-electron chi connectivity index (χ1n) is 3.78. The van der Waals surface area contributed by atoms with Crippen molar-refractivity contribution in [2.45, 2.75) is 39.0 Å². The Morgan fingerprint density at radius 1 is 1.56 bits per heavy atom. The van der Waals surface area contributed by atoms with Crippen molar-refractivity contribution in [2.24, 2.45) is 5.92 Å². The predicted octanol–water partition coefficient (Wildman–Crippen LogP) is 2.16. The number of hydrogen-bond acceptors (Lipinski definition) is 1. The molecular formula is C8H14O. The van der Waals surface area contributed by atoms with Crippen LogP contribution in [0, 0.1) is 5.92 Å². The molecule has 0 radical (unpaired) electrons. The number of Topliss-reactive ketones (excluding diaryl/α,β-unsaturated/α-hetero) is 1. The SMILES string of the molecule is CC(=O)CCCC1CC1. The van der Waals surface area contributed by atoms with Gasteiger partial charge in [-0.2, -0.15) is 0 Å². The van der Waals surface area contributed by atoms with Crippen molar-refractivity contribution >= 4 is 5.78 Å². The molecule has 0 aromatic heterocycles. The summed E-state index contributed by atoms with van der Waals surface area (Å²) in [6.07, 6.45) is 6.05. The van der Waals surface area contributed by atoms with E-state index in [2.05, 4.69) is 0 Å². The van der Waals surface area contributed by atoms with Gasteiger partial charge >= 0.3 is 0 Å². The maximum absolute atomic E-state index is 10.4. The normalized spacial score (nSPS) is 17.9. The van der Waals surface area contributed by atoms with E-state index in [9.17, 15) is 4.79 Å². The maximum atomic E-state index is 10.4. The minimum absolute atomic E-state index is 0.343. The van der Waals surface area contributed by atoms with E-state index in [1.165, 1.54) is 19.3 Å². The molecule has 0 aromatic carbocycles. The molecule has 0 heterocycles. The van der Waals surface area contributed by atoms with Crippen LogP contribution in [0.2, 0.25) is 0 Å². The second-order valence-electron chi connectivity index (χ2n) is 3.04. The summed E-state index contributed by atoms with van der Waals surface area (Å²) in [5.41, 5.74) is 0. The third-order valence-electron chi connectivity index (χ3n) is 1.84. The number of ketones is 1. The highest BCUT2D eigenvalue weighted by Gasteiger charge is 2.20. The van der Waals surface area contributed by atoms with Crippen molar-refractivity contribution in [1.82, 2.24) is 0 Å². The fourth-order valence-electron chi connectivity index (χ4n) is 1.05. The number of rotatable bonds is 4. The Labute approximate surface area is 56.4 Å². The highest BCUT2D eigenvalue weighted by atomic mass is 16.1. The highest BCUT2D eigenvalue weighted by molar-refractivity contribution is 5.75. The molecule has 1 nitrogen and oxygen atoms in total. The van der Waals surface area contributed by atoms with Crippen LogP contribution in [-0.4, -0.2) is 5.78 Å². The van der Waals surface area contributed by atoms with Gasteiger partial charge in [0.1, 0.15) is 5.78 Å². The second kappa shape index (κ2) is 3.00. The van der Waals surface area contributed by atoms with Crippen molar-refractivity contribution in [3.63, 3.8) is 0 Å². The molecule has 0 bridgehead atoms. The lowest BCUT2D eigenvalue weighted by Crippen LogP contribution is -1.89. The van der Waals surface area contributed by atoms with Crippen molar-refractivity contribution in [3.8, 4) is 0 Å². The van der Waals surface area contributed by atoms with E-state index in [4.69, 9.17) is 0 Å². The summed E-state index contributed by atoms with van der Waals surface area (Å²) in [6, 6.07) is 0. The smallest absolute Gasteiger partial charge is 0.129 e. The molecule has 0 spiro atoms. The largest absolute Gasteiger partial charge is 0.300 e. The molecule has 0 saturated heterocycles. The zero-order valence-electron chi connectivity index (χ0n) is 6.02. The Morgan fingerprint density at radius 2 is 2.22 bits per heavy atom. The summed E-state index contributed by atoms with van der Waals surface area (Å²) in [4.78, 5) is 10.4. The molecule has 0 unspecified atom stereocenters. The van der Waals surface area contributed by atoms with Gasteiger partial charge in [-0.25, -0.2) is 0 Å². The summed E-state index contributed by atoms with van der Waals surface area (Å²) in [5.74, 6) is 1.33. The molecule has 1 saturated carbocycles. The second-order valence-corrected chi connectivity index (χ2v) is 3.04. The van der Waals surface area contributed by atoms with Gasteiger partial charge in [0, 0.05) is 6.42 Å². The average molecular weight is 126 g/mol. The van der Waals surface area contributed by atoms with Crippen molar-refractivity contribution < 1.29 is 4.79 Å². The maximum Gasteiger partial charge on any atom is 0.129 e. The number of carbonyl (C=O) groups is 1. The van der Waals surface area contributed by atoms with Crippen LogP contribution in [0.25, 0.3) is 0 Å². The monoisotopic (exact) mass is 126 g/mol. The van der Waals surface area contributed by atoms with Gasteiger partial charge in [-0.15, -0.1) is 0 Å². The first-order chi connectivity index (χ1) is 4.29. The zero-order valence-corrected chi connectivity index (χ0v) is 6.02. The van der Waals surface area contributed by atoms with Gasteiger partial charge < -0.3 is 4.79 Å². The van der Waals surface area contributed by atoms with E-state index in [1.54, 1.807) is 6.92 Å². The van der Waals surface area contributed by atoms with Crippen LogP contribution in [0.3, 0.4) is 0 Å². The molecule has 0 aliphatic heterocycles. The Bertz CT molecular complexity index is 103. The van der Waals surface area contributed by atoms with Gasteiger partial charge in [-0.05, 0) is 19.3 Å². The van der Waals surface area contributed by atoms with E-state index in [0.717, 1.165) is 18.8 Å². The van der Waals surface area contributed by atoms with E-state index in [1.807, 2.05) is 0 Å². The van der Waals surface area contributed by atoms with Crippen LogP contribution in [-0.2, 0) is 4.79 Å². The fraction of sp³-hybridized carbons (Fsp3) is 0.875. The zero-order chi connectivity index (χ0) is 6.69. The molecule has 1 fully saturated rings. The molecule has 0 N–H and O–H groups in total. The third kappa shape index (κ3) is 3.28. The summed E-state index contributed by atoms with van der Waals surface area (Å²) in [6.45, 7) is 1.67. The van der Waals surface area contributed by atoms with Crippen molar-refractivity contribution in [2.75, 3.05) is 0 Å². The van der Waals surface area contributed by atoms with Crippen LogP contribution < -0.4 is 0 Å². The lowest BCUT2D eigenvalue weighted by molar-refractivity contribution is -0.117.